The zero-order chi connectivity index (χ0) is 43.0. The first-order valence-corrected chi connectivity index (χ1v) is 20.1. The van der Waals surface area contributed by atoms with Crippen molar-refractivity contribution in [1.82, 2.24) is 0 Å². The minimum absolute atomic E-state index is 0.0518. The second kappa shape index (κ2) is 17.6. The average molecular weight is 809 g/mol. The van der Waals surface area contributed by atoms with Crippen molar-refractivity contribution in [1.29, 1.82) is 0 Å². The number of hydrogen-bond acceptors (Lipinski definition) is 13. The summed E-state index contributed by atoms with van der Waals surface area (Å²) in [6.45, 7) is 15.8. The van der Waals surface area contributed by atoms with Gasteiger partial charge in [-0.3, -0.25) is 14.4 Å². The van der Waals surface area contributed by atoms with E-state index in [1.807, 2.05) is 4.90 Å². The maximum atomic E-state index is 14.5. The van der Waals surface area contributed by atoms with Crippen LogP contribution in [0.1, 0.15) is 90.6 Å². The number of phenolic OH excluding ortho intramolecular Hbond substituents is 3. The number of Topliss-reactive ketones (excluding diaryl/α,β-unsaturated/α-hetero) is 1. The fourth-order valence-corrected chi connectivity index (χ4v) is 8.58. The number of aliphatic hydroxyl groups is 2. The summed E-state index contributed by atoms with van der Waals surface area (Å²) in [4.78, 5) is 42.5. The number of nitrogens with zero attached hydrogens (tertiary/aromatic N) is 1. The van der Waals surface area contributed by atoms with Gasteiger partial charge in [0.15, 0.2) is 5.75 Å². The molecule has 9 atom stereocenters. The van der Waals surface area contributed by atoms with Crippen LogP contribution in [0.5, 0.6) is 23.0 Å². The van der Waals surface area contributed by atoms with Crippen LogP contribution in [0.2, 0.25) is 0 Å². The Morgan fingerprint density at radius 2 is 1.60 bits per heavy atom. The molecule has 9 unspecified atom stereocenters. The Kier molecular flexibility index (Phi) is 13.4. The number of carbonyl (C=O) groups excluding carboxylic acids is 3. The first-order chi connectivity index (χ1) is 27.3. The van der Waals surface area contributed by atoms with Crippen molar-refractivity contribution in [3.8, 4) is 23.0 Å². The fourth-order valence-electron chi connectivity index (χ4n) is 8.58. The first-order valence-electron chi connectivity index (χ1n) is 20.1. The molecule has 4 heterocycles. The third-order valence-electron chi connectivity index (χ3n) is 12.5. The van der Waals surface area contributed by atoms with Crippen molar-refractivity contribution in [2.24, 2.45) is 29.6 Å². The third kappa shape index (κ3) is 8.23. The Morgan fingerprint density at radius 1 is 0.948 bits per heavy atom. The summed E-state index contributed by atoms with van der Waals surface area (Å²) in [7, 11) is 1.45. The van der Waals surface area contributed by atoms with E-state index in [9.17, 15) is 39.9 Å². The number of piperidine rings is 1. The standard InChI is InChI=1S/C44H60N2O12/c1-11-28-15-18-46(19-16-28)34-33-38(51)31-30(39(34)52)32-41(26(7)37(31)50)58-44(9,42(32)53)56-20-17-29(55-10)23(4)40(57-27(8)47)25(6)36(49)24(5)35(48)21(2)13-12-14-22(3)43(54)45-33/h12-14,17,20-21,23-25,28-29,35-36,40,48-52H,11,15-16,18-19H2,1-10H3,(H,45,54)/b13-12+,20-17+,22-14-. The molecule has 1 amide bonds. The number of aliphatic hydroxyl groups excluding tert-OH is 2. The molecule has 14 nitrogen and oxygen atoms in total. The van der Waals surface area contributed by atoms with E-state index in [2.05, 4.69) is 12.2 Å². The Balaban J connectivity index is 1.71. The maximum absolute atomic E-state index is 14.5. The van der Waals surface area contributed by atoms with Gasteiger partial charge in [0.2, 0.25) is 0 Å². The van der Waals surface area contributed by atoms with Gasteiger partial charge in [-0.15, -0.1) is 0 Å². The highest BCUT2D eigenvalue weighted by molar-refractivity contribution is 6.23. The molecule has 1 fully saturated rings. The summed E-state index contributed by atoms with van der Waals surface area (Å²) in [6.07, 6.45) is 6.29. The fraction of sp³-hybridized carbons (Fsp3) is 0.568. The van der Waals surface area contributed by atoms with Gasteiger partial charge in [0.25, 0.3) is 11.7 Å². The van der Waals surface area contributed by atoms with E-state index in [0.717, 1.165) is 19.3 Å². The second-order valence-corrected chi connectivity index (χ2v) is 16.4. The van der Waals surface area contributed by atoms with Gasteiger partial charge < -0.3 is 54.7 Å². The van der Waals surface area contributed by atoms with Gasteiger partial charge in [-0.25, -0.2) is 0 Å². The van der Waals surface area contributed by atoms with Gasteiger partial charge in [0, 0.05) is 74.2 Å². The molecule has 58 heavy (non-hydrogen) atoms. The molecule has 14 heteroatoms. The third-order valence-corrected chi connectivity index (χ3v) is 12.5. The number of anilines is 2. The highest BCUT2D eigenvalue weighted by atomic mass is 16.7. The summed E-state index contributed by atoms with van der Waals surface area (Å²) in [6, 6.07) is 0. The topological polar surface area (TPSA) is 205 Å². The van der Waals surface area contributed by atoms with Crippen LogP contribution in [-0.2, 0) is 23.8 Å². The molecule has 318 valence electrons. The van der Waals surface area contributed by atoms with Crippen molar-refractivity contribution in [3.05, 3.63) is 47.3 Å². The summed E-state index contributed by atoms with van der Waals surface area (Å²) in [5.74, 6) is -7.39. The number of nitrogens with one attached hydrogen (secondary N) is 1. The number of rotatable bonds is 4. The van der Waals surface area contributed by atoms with Crippen molar-refractivity contribution in [3.63, 3.8) is 0 Å². The van der Waals surface area contributed by atoms with Crippen molar-refractivity contribution < 1.29 is 58.9 Å². The summed E-state index contributed by atoms with van der Waals surface area (Å²) >= 11 is 0. The number of methoxy groups -OCH3 is 1. The lowest BCUT2D eigenvalue weighted by Crippen LogP contribution is -2.46. The van der Waals surface area contributed by atoms with Gasteiger partial charge in [-0.1, -0.05) is 59.3 Å². The normalized spacial score (nSPS) is 32.3. The first kappa shape index (κ1) is 44.3. The van der Waals surface area contributed by atoms with Crippen LogP contribution in [0.4, 0.5) is 11.4 Å². The maximum Gasteiger partial charge on any atom is 0.312 e. The number of hydrogen-bond donors (Lipinski definition) is 6. The summed E-state index contributed by atoms with van der Waals surface area (Å²) < 4.78 is 23.7. The molecule has 0 aliphatic carbocycles. The lowest BCUT2D eigenvalue weighted by atomic mass is 9.78. The zero-order valence-electron chi connectivity index (χ0n) is 35.2. The molecule has 0 aromatic heterocycles. The van der Waals surface area contributed by atoms with E-state index in [4.69, 9.17) is 18.9 Å². The van der Waals surface area contributed by atoms with E-state index in [1.54, 1.807) is 46.8 Å². The molecule has 5 bridgehead atoms. The van der Waals surface area contributed by atoms with Crippen LogP contribution in [0, 0.1) is 36.5 Å². The lowest BCUT2D eigenvalue weighted by Gasteiger charge is -2.38. The van der Waals surface area contributed by atoms with Gasteiger partial charge in [0.1, 0.15) is 34.7 Å². The Labute approximate surface area is 340 Å². The van der Waals surface area contributed by atoms with Crippen LogP contribution >= 0.6 is 0 Å². The molecule has 6 rings (SSSR count). The summed E-state index contributed by atoms with van der Waals surface area (Å²) in [5, 5.41) is 61.1. The number of fused-ring (bicyclic) bond motifs is 14. The number of ketones is 1. The number of carbonyl (C=O) groups is 3. The molecule has 4 aliphatic rings. The van der Waals surface area contributed by atoms with Gasteiger partial charge in [0.05, 0.1) is 35.5 Å². The number of phenols is 3. The molecule has 4 aliphatic heterocycles. The van der Waals surface area contributed by atoms with E-state index in [-0.39, 0.29) is 44.6 Å². The predicted octanol–water partition coefficient (Wildman–Crippen LogP) is 6.38. The molecule has 2 aromatic rings. The highest BCUT2D eigenvalue weighted by Gasteiger charge is 2.50. The number of amides is 1. The predicted molar refractivity (Wildman–Crippen MR) is 219 cm³/mol. The van der Waals surface area contributed by atoms with Crippen molar-refractivity contribution in [2.45, 2.75) is 112 Å². The SMILES string of the molecule is CCC1CCN(c2c3c(O)c4c(O)c(C)c5c(c4c2O)C(=O)C(C)(O/C=C/C(OC)C(C)C(OC(C)=O)C(C)C(O)C(C)C(O)C(C)/C=C/C=C(/C)C(=O)N3)O5)CC1. The number of esters is 1. The smallest absolute Gasteiger partial charge is 0.312 e. The molecule has 1 saturated heterocycles. The molecule has 0 spiro atoms. The summed E-state index contributed by atoms with van der Waals surface area (Å²) in [5.41, 5.74) is 0.149. The van der Waals surface area contributed by atoms with Gasteiger partial charge >= 0.3 is 11.8 Å². The van der Waals surface area contributed by atoms with Crippen molar-refractivity contribution >= 4 is 39.8 Å². The Hall–Kier alpha value is -4.79. The van der Waals surface area contributed by atoms with Gasteiger partial charge in [-0.2, -0.15) is 0 Å². The Bertz CT molecular complexity index is 2000. The Morgan fingerprint density at radius 3 is 2.21 bits per heavy atom. The van der Waals surface area contributed by atoms with Crippen LogP contribution in [0.3, 0.4) is 0 Å². The monoisotopic (exact) mass is 808 g/mol. The van der Waals surface area contributed by atoms with Crippen LogP contribution in [0.25, 0.3) is 10.8 Å². The molecular formula is C44H60N2O12. The van der Waals surface area contributed by atoms with E-state index in [0.29, 0.717) is 19.0 Å². The number of aromatic hydroxyl groups is 3. The highest BCUT2D eigenvalue weighted by Crippen LogP contribution is 2.58. The van der Waals surface area contributed by atoms with E-state index in [1.165, 1.54) is 46.3 Å². The van der Waals surface area contributed by atoms with Crippen LogP contribution in [-0.4, -0.2) is 93.6 Å². The van der Waals surface area contributed by atoms with Crippen molar-refractivity contribution in [2.75, 3.05) is 30.4 Å². The number of ether oxygens (including phenoxy) is 4. The minimum Gasteiger partial charge on any atom is -0.507 e. The quantitative estimate of drug-likeness (QED) is 0.113. The van der Waals surface area contributed by atoms with Gasteiger partial charge in [-0.05, 0) is 38.7 Å². The minimum atomic E-state index is -2.01. The molecule has 6 N–H and O–H groups in total. The van der Waals surface area contributed by atoms with Crippen LogP contribution in [0.15, 0.2) is 36.1 Å². The molecular weight excluding hydrogens is 748 g/mol. The molecule has 0 radical (unpaired) electrons. The number of benzene rings is 2. The zero-order valence-corrected chi connectivity index (χ0v) is 35.2. The number of allylic oxidation sites excluding steroid dienone is 2. The second-order valence-electron chi connectivity index (χ2n) is 16.4. The van der Waals surface area contributed by atoms with E-state index < -0.39 is 88.8 Å². The average Bonchev–Trinajstić information content (AvgIpc) is 3.46. The van der Waals surface area contributed by atoms with Crippen LogP contribution < -0.4 is 15.0 Å². The lowest BCUT2D eigenvalue weighted by molar-refractivity contribution is -0.160. The molecule has 0 saturated carbocycles. The van der Waals surface area contributed by atoms with E-state index >= 15 is 0 Å². The molecule has 2 aromatic carbocycles. The largest absolute Gasteiger partial charge is 0.507 e.